The van der Waals surface area contributed by atoms with Crippen molar-refractivity contribution in [2.45, 2.75) is 25.4 Å². The van der Waals surface area contributed by atoms with Crippen molar-refractivity contribution in [3.8, 4) is 0 Å². The number of amides is 1. The average Bonchev–Trinajstić information content (AvgIpc) is 3.13. The summed E-state index contributed by atoms with van der Waals surface area (Å²) in [6.07, 6.45) is 3.97. The maximum Gasteiger partial charge on any atom is 0.244 e. The van der Waals surface area contributed by atoms with Crippen LogP contribution in [0.15, 0.2) is 60.8 Å². The van der Waals surface area contributed by atoms with Crippen LogP contribution in [0.5, 0.6) is 0 Å². The van der Waals surface area contributed by atoms with Gasteiger partial charge in [-0.15, -0.1) is 11.3 Å². The highest BCUT2D eigenvalue weighted by atomic mass is 32.2. The molecule has 0 radical (unpaired) electrons. The number of benzene rings is 2. The number of hydrogen-bond donors (Lipinski definition) is 1. The van der Waals surface area contributed by atoms with Crippen LogP contribution in [0.3, 0.4) is 0 Å². The van der Waals surface area contributed by atoms with Crippen LogP contribution in [-0.2, 0) is 34.2 Å². The van der Waals surface area contributed by atoms with E-state index < -0.39 is 16.1 Å². The molecule has 0 saturated carbocycles. The minimum atomic E-state index is -3.54. The number of aromatic nitrogens is 1. The number of thiazole rings is 1. The first kappa shape index (κ1) is 19.8. The van der Waals surface area contributed by atoms with Crippen LogP contribution in [0.1, 0.15) is 21.6 Å². The first-order chi connectivity index (χ1) is 13.9. The summed E-state index contributed by atoms with van der Waals surface area (Å²) in [5, 5.41) is 3.29. The Morgan fingerprint density at radius 3 is 2.55 bits per heavy atom. The van der Waals surface area contributed by atoms with Gasteiger partial charge in [-0.1, -0.05) is 54.6 Å². The Morgan fingerprint density at radius 1 is 1.14 bits per heavy atom. The molecule has 1 N–H and O–H groups in total. The summed E-state index contributed by atoms with van der Waals surface area (Å²) < 4.78 is 25.9. The predicted molar refractivity (Wildman–Crippen MR) is 114 cm³/mol. The van der Waals surface area contributed by atoms with E-state index in [1.807, 2.05) is 54.6 Å². The second kappa shape index (κ2) is 8.06. The molecule has 0 fully saturated rings. The summed E-state index contributed by atoms with van der Waals surface area (Å²) in [6.45, 7) is 0.199. The Balaban J connectivity index is 1.51. The first-order valence-corrected chi connectivity index (χ1v) is 11.9. The van der Waals surface area contributed by atoms with Gasteiger partial charge in [0.1, 0.15) is 6.04 Å². The normalized spacial score (nSPS) is 16.9. The molecular weight excluding hydrogens is 406 g/mol. The van der Waals surface area contributed by atoms with Crippen molar-refractivity contribution in [2.24, 2.45) is 0 Å². The van der Waals surface area contributed by atoms with Gasteiger partial charge in [0.25, 0.3) is 0 Å². The van der Waals surface area contributed by atoms with E-state index in [2.05, 4.69) is 10.3 Å². The van der Waals surface area contributed by atoms with E-state index in [0.717, 1.165) is 28.7 Å². The molecule has 0 unspecified atom stereocenters. The van der Waals surface area contributed by atoms with Crippen LogP contribution in [0, 0.1) is 0 Å². The van der Waals surface area contributed by atoms with E-state index in [1.54, 1.807) is 6.20 Å². The van der Waals surface area contributed by atoms with Gasteiger partial charge in [0, 0.05) is 24.0 Å². The van der Waals surface area contributed by atoms with Gasteiger partial charge in [-0.3, -0.25) is 4.79 Å². The Kier molecular flexibility index (Phi) is 5.49. The summed E-state index contributed by atoms with van der Waals surface area (Å²) in [5.41, 5.74) is 3.10. The second-order valence-electron chi connectivity index (χ2n) is 7.08. The fourth-order valence-corrected chi connectivity index (χ4v) is 5.36. The van der Waals surface area contributed by atoms with Gasteiger partial charge in [-0.2, -0.15) is 4.31 Å². The fraction of sp³-hybridized carbons (Fsp3) is 0.238. The third kappa shape index (κ3) is 4.55. The number of rotatable bonds is 5. The quantitative estimate of drug-likeness (QED) is 0.679. The summed E-state index contributed by atoms with van der Waals surface area (Å²) >= 11 is 1.40. The number of nitrogens with one attached hydrogen (secondary N) is 1. The van der Waals surface area contributed by atoms with Crippen molar-refractivity contribution >= 4 is 32.4 Å². The molecular formula is C21H21N3O3S2. The van der Waals surface area contributed by atoms with Crippen LogP contribution in [0.25, 0.3) is 0 Å². The van der Waals surface area contributed by atoms with Crippen LogP contribution < -0.4 is 5.32 Å². The number of fused-ring (bicyclic) bond motifs is 1. The lowest BCUT2D eigenvalue weighted by molar-refractivity contribution is -0.120. The minimum Gasteiger partial charge on any atom is -0.301 e. The number of sulfonamides is 1. The van der Waals surface area contributed by atoms with Gasteiger partial charge >= 0.3 is 0 Å². The molecule has 29 heavy (non-hydrogen) atoms. The molecule has 0 spiro atoms. The van der Waals surface area contributed by atoms with Gasteiger partial charge in [-0.25, -0.2) is 13.4 Å². The molecule has 2 heterocycles. The highest BCUT2D eigenvalue weighted by molar-refractivity contribution is 7.88. The van der Waals surface area contributed by atoms with E-state index in [1.165, 1.54) is 21.2 Å². The predicted octanol–water partition coefficient (Wildman–Crippen LogP) is 3.06. The van der Waals surface area contributed by atoms with Crippen LogP contribution >= 0.6 is 11.3 Å². The Morgan fingerprint density at radius 2 is 1.83 bits per heavy atom. The zero-order valence-electron chi connectivity index (χ0n) is 15.9. The molecule has 1 aliphatic rings. The average molecular weight is 428 g/mol. The molecule has 0 aliphatic carbocycles. The van der Waals surface area contributed by atoms with Crippen LogP contribution in [0.2, 0.25) is 0 Å². The van der Waals surface area contributed by atoms with Crippen LogP contribution in [-0.4, -0.2) is 35.9 Å². The monoisotopic (exact) mass is 427 g/mol. The largest absolute Gasteiger partial charge is 0.301 e. The standard InChI is InChI=1S/C21H21N3O3S2/c1-29(26,27)24-14-17-10-6-5-9-16(17)12-19(24)20(25)23-21-22-13-18(28-21)11-15-7-3-2-4-8-15/h2-10,13,19H,11-12,14H2,1H3,(H,22,23,25)/t19-/m1/s1. The summed E-state index contributed by atoms with van der Waals surface area (Å²) in [4.78, 5) is 18.3. The van der Waals surface area contributed by atoms with E-state index >= 15 is 0 Å². The number of anilines is 1. The molecule has 8 heteroatoms. The molecule has 150 valence electrons. The maximum absolute atomic E-state index is 13.0. The molecule has 6 nitrogen and oxygen atoms in total. The fourth-order valence-electron chi connectivity index (χ4n) is 3.50. The highest BCUT2D eigenvalue weighted by Crippen LogP contribution is 2.27. The van der Waals surface area contributed by atoms with E-state index in [-0.39, 0.29) is 12.5 Å². The van der Waals surface area contributed by atoms with E-state index in [9.17, 15) is 13.2 Å². The van der Waals surface area contributed by atoms with Crippen molar-refractivity contribution in [3.63, 3.8) is 0 Å². The van der Waals surface area contributed by atoms with Crippen molar-refractivity contribution in [1.82, 2.24) is 9.29 Å². The molecule has 3 aromatic rings. The zero-order valence-corrected chi connectivity index (χ0v) is 17.5. The summed E-state index contributed by atoms with van der Waals surface area (Å²) in [6, 6.07) is 16.9. The zero-order chi connectivity index (χ0) is 20.4. The lowest BCUT2D eigenvalue weighted by Crippen LogP contribution is -2.50. The van der Waals surface area contributed by atoms with Gasteiger partial charge < -0.3 is 5.32 Å². The van der Waals surface area contributed by atoms with Gasteiger partial charge in [0.15, 0.2) is 5.13 Å². The smallest absolute Gasteiger partial charge is 0.244 e. The Labute approximate surface area is 174 Å². The van der Waals surface area contributed by atoms with Crippen molar-refractivity contribution in [2.75, 3.05) is 11.6 Å². The lowest BCUT2D eigenvalue weighted by atomic mass is 9.95. The van der Waals surface area contributed by atoms with Crippen molar-refractivity contribution in [1.29, 1.82) is 0 Å². The van der Waals surface area contributed by atoms with E-state index in [0.29, 0.717) is 11.6 Å². The van der Waals surface area contributed by atoms with Gasteiger partial charge in [0.2, 0.25) is 15.9 Å². The lowest BCUT2D eigenvalue weighted by Gasteiger charge is -2.33. The summed E-state index contributed by atoms with van der Waals surface area (Å²) in [7, 11) is -3.54. The number of hydrogen-bond acceptors (Lipinski definition) is 5. The topological polar surface area (TPSA) is 79.4 Å². The first-order valence-electron chi connectivity index (χ1n) is 9.23. The van der Waals surface area contributed by atoms with Crippen molar-refractivity contribution < 1.29 is 13.2 Å². The molecule has 1 aliphatic heterocycles. The van der Waals surface area contributed by atoms with Gasteiger partial charge in [0.05, 0.1) is 6.26 Å². The molecule has 1 atom stereocenters. The number of nitrogens with zero attached hydrogens (tertiary/aromatic N) is 2. The van der Waals surface area contributed by atoms with Crippen molar-refractivity contribution in [3.05, 3.63) is 82.4 Å². The minimum absolute atomic E-state index is 0.199. The molecule has 2 aromatic carbocycles. The Hall–Kier alpha value is -2.55. The SMILES string of the molecule is CS(=O)(=O)N1Cc2ccccc2C[C@@H]1C(=O)Nc1ncc(Cc2ccccc2)s1. The number of carbonyl (C=O) groups is 1. The highest BCUT2D eigenvalue weighted by Gasteiger charge is 2.37. The third-order valence-electron chi connectivity index (χ3n) is 4.94. The second-order valence-corrected chi connectivity index (χ2v) is 10.1. The number of carbonyl (C=O) groups excluding carboxylic acids is 1. The maximum atomic E-state index is 13.0. The summed E-state index contributed by atoms with van der Waals surface area (Å²) in [5.74, 6) is -0.356. The molecule has 0 bridgehead atoms. The van der Waals surface area contributed by atoms with E-state index in [4.69, 9.17) is 0 Å². The van der Waals surface area contributed by atoms with Gasteiger partial charge in [-0.05, 0) is 23.1 Å². The molecule has 1 aromatic heterocycles. The van der Waals surface area contributed by atoms with Crippen LogP contribution in [0.4, 0.5) is 5.13 Å². The third-order valence-corrected chi connectivity index (χ3v) is 7.09. The molecule has 1 amide bonds. The molecule has 0 saturated heterocycles. The molecule has 4 rings (SSSR count). The Bertz CT molecular complexity index is 1130.